The Hall–Kier alpha value is -5.45. The van der Waals surface area contributed by atoms with Crippen LogP contribution in [-0.2, 0) is 4.79 Å². The van der Waals surface area contributed by atoms with Crippen LogP contribution < -0.4 is 27.0 Å². The Bertz CT molecular complexity index is 1740. The summed E-state index contributed by atoms with van der Waals surface area (Å²) in [4.78, 5) is 45.5. The molecule has 0 fully saturated rings. The highest BCUT2D eigenvalue weighted by Crippen LogP contribution is 2.34. The molecule has 0 saturated heterocycles. The molecule has 0 spiro atoms. The average molecular weight is 568 g/mol. The molecule has 0 unspecified atom stereocenters. The first-order valence-electron chi connectivity index (χ1n) is 13.3. The largest absolute Gasteiger partial charge is 0.397 e. The van der Waals surface area contributed by atoms with Gasteiger partial charge in [0.1, 0.15) is 11.6 Å². The lowest BCUT2D eigenvalue weighted by molar-refractivity contribution is -0.110. The van der Waals surface area contributed by atoms with Gasteiger partial charge in [-0.25, -0.2) is 9.37 Å². The molecule has 11 heteroatoms. The number of aromatic amines is 1. The lowest BCUT2D eigenvalue weighted by Crippen LogP contribution is -2.29. The number of carbonyl (C=O) groups excluding carboxylic acids is 3. The third-order valence-corrected chi connectivity index (χ3v) is 6.95. The zero-order valence-electron chi connectivity index (χ0n) is 23.3. The second-order valence-corrected chi connectivity index (χ2v) is 10.0. The molecule has 0 saturated carbocycles. The Labute approximate surface area is 241 Å². The number of H-pyrrole nitrogens is 1. The van der Waals surface area contributed by atoms with Gasteiger partial charge in [0.2, 0.25) is 0 Å². The van der Waals surface area contributed by atoms with E-state index in [1.807, 2.05) is 13.0 Å². The number of nitrogens with one attached hydrogen (secondary N) is 5. The van der Waals surface area contributed by atoms with Gasteiger partial charge in [-0.15, -0.1) is 0 Å². The fourth-order valence-electron chi connectivity index (χ4n) is 4.79. The highest BCUT2D eigenvalue weighted by molar-refractivity contribution is 6.35. The molecule has 5 rings (SSSR count). The lowest BCUT2D eigenvalue weighted by atomic mass is 10.0. The van der Waals surface area contributed by atoms with Crippen LogP contribution in [0.1, 0.15) is 48.8 Å². The van der Waals surface area contributed by atoms with Crippen molar-refractivity contribution in [1.29, 1.82) is 0 Å². The third kappa shape index (κ3) is 5.85. The van der Waals surface area contributed by atoms with Gasteiger partial charge in [-0.1, -0.05) is 6.07 Å². The molecule has 0 bridgehead atoms. The summed E-state index contributed by atoms with van der Waals surface area (Å²) in [7, 11) is 0. The van der Waals surface area contributed by atoms with Crippen LogP contribution >= 0.6 is 0 Å². The van der Waals surface area contributed by atoms with E-state index >= 15 is 0 Å². The van der Waals surface area contributed by atoms with Crippen LogP contribution in [0.2, 0.25) is 0 Å². The van der Waals surface area contributed by atoms with Gasteiger partial charge in [-0.2, -0.15) is 0 Å². The number of aromatic nitrogens is 2. The molecule has 10 nitrogen and oxygen atoms in total. The minimum absolute atomic E-state index is 0.273. The molecule has 1 aliphatic heterocycles. The zero-order chi connectivity index (χ0) is 30.0. The number of nitrogen functional groups attached to an aromatic ring is 1. The molecule has 2 aromatic heterocycles. The van der Waals surface area contributed by atoms with Crippen LogP contribution in [0.15, 0.2) is 54.7 Å². The first-order valence-corrected chi connectivity index (χ1v) is 13.3. The van der Waals surface area contributed by atoms with Crippen molar-refractivity contribution in [3.05, 3.63) is 99.8 Å². The fourth-order valence-corrected chi connectivity index (χ4v) is 4.79. The first kappa shape index (κ1) is 28.1. The van der Waals surface area contributed by atoms with E-state index in [9.17, 15) is 18.8 Å². The number of fused-ring (bicyclic) bond motifs is 1. The summed E-state index contributed by atoms with van der Waals surface area (Å²) in [5.74, 6) is -0.827. The smallest absolute Gasteiger partial charge is 0.257 e. The second-order valence-electron chi connectivity index (χ2n) is 10.0. The Morgan fingerprint density at radius 3 is 2.57 bits per heavy atom. The number of benzene rings is 2. The molecule has 0 aliphatic carbocycles. The third-order valence-electron chi connectivity index (χ3n) is 6.95. The normalized spacial score (nSPS) is 13.0. The first-order chi connectivity index (χ1) is 20.1. The van der Waals surface area contributed by atoms with Gasteiger partial charge >= 0.3 is 0 Å². The van der Waals surface area contributed by atoms with Crippen molar-refractivity contribution in [2.24, 2.45) is 0 Å². The van der Waals surface area contributed by atoms with Crippen molar-refractivity contribution < 1.29 is 18.8 Å². The number of nitrogens with two attached hydrogens (primary N) is 1. The fraction of sp³-hybridized carbons (Fsp3) is 0.161. The number of aryl methyl sites for hydroxylation is 2. The van der Waals surface area contributed by atoms with Crippen LogP contribution in [0, 0.1) is 26.6 Å². The summed E-state index contributed by atoms with van der Waals surface area (Å²) >= 11 is 0. The van der Waals surface area contributed by atoms with Gasteiger partial charge in [0, 0.05) is 41.9 Å². The van der Waals surface area contributed by atoms with Crippen molar-refractivity contribution in [3.8, 4) is 0 Å². The maximum Gasteiger partial charge on any atom is 0.257 e. The average Bonchev–Trinajstić information content (AvgIpc) is 3.42. The van der Waals surface area contributed by atoms with Crippen LogP contribution in [0.25, 0.3) is 11.6 Å². The molecule has 0 atom stereocenters. The molecule has 7 N–H and O–H groups in total. The van der Waals surface area contributed by atoms with E-state index in [2.05, 4.69) is 31.2 Å². The molecule has 2 aromatic carbocycles. The maximum absolute atomic E-state index is 13.8. The Morgan fingerprint density at radius 1 is 1.02 bits per heavy atom. The maximum atomic E-state index is 13.8. The minimum atomic E-state index is -0.440. The molecular formula is C31H30FN7O3. The number of halogens is 1. The van der Waals surface area contributed by atoms with E-state index in [0.29, 0.717) is 75.2 Å². The molecule has 1 aliphatic rings. The second kappa shape index (κ2) is 11.6. The van der Waals surface area contributed by atoms with E-state index < -0.39 is 5.82 Å². The van der Waals surface area contributed by atoms with Gasteiger partial charge in [0.15, 0.2) is 0 Å². The predicted octanol–water partition coefficient (Wildman–Crippen LogP) is 4.64. The molecular weight excluding hydrogens is 537 g/mol. The SMILES string of the molecule is Cc1ccc(NC(=O)c2ccc(NCCNC(=O)c3c(C)[nH]c(C=C4C(=O)Nc5ccc(F)cc54)c3C)nc2)c(N)c1. The monoisotopic (exact) mass is 567 g/mol. The van der Waals surface area contributed by atoms with Gasteiger partial charge in [0.05, 0.1) is 28.1 Å². The van der Waals surface area contributed by atoms with Crippen molar-refractivity contribution in [2.45, 2.75) is 20.8 Å². The number of rotatable bonds is 8. The summed E-state index contributed by atoms with van der Waals surface area (Å²) < 4.78 is 13.8. The van der Waals surface area contributed by atoms with E-state index in [1.165, 1.54) is 24.4 Å². The number of hydrogen-bond donors (Lipinski definition) is 6. The van der Waals surface area contributed by atoms with Gasteiger partial charge in [-0.05, 0) is 80.4 Å². The predicted molar refractivity (Wildman–Crippen MR) is 162 cm³/mol. The molecule has 4 aromatic rings. The van der Waals surface area contributed by atoms with Crippen LogP contribution in [0.5, 0.6) is 0 Å². The molecule has 214 valence electrons. The number of pyridine rings is 1. The zero-order valence-corrected chi connectivity index (χ0v) is 23.3. The summed E-state index contributed by atoms with van der Waals surface area (Å²) in [6, 6.07) is 12.8. The summed E-state index contributed by atoms with van der Waals surface area (Å²) in [6.07, 6.45) is 3.09. The van der Waals surface area contributed by atoms with Gasteiger partial charge in [-0.3, -0.25) is 14.4 Å². The topological polar surface area (TPSA) is 154 Å². The quantitative estimate of drug-likeness (QED) is 0.104. The van der Waals surface area contributed by atoms with Gasteiger partial charge < -0.3 is 32.0 Å². The molecule has 3 amide bonds. The highest BCUT2D eigenvalue weighted by atomic mass is 19.1. The Kier molecular flexibility index (Phi) is 7.74. The number of nitrogens with zero attached hydrogens (tertiary/aromatic N) is 1. The number of carbonyl (C=O) groups is 3. The van der Waals surface area contributed by atoms with Crippen molar-refractivity contribution in [1.82, 2.24) is 15.3 Å². The minimum Gasteiger partial charge on any atom is -0.397 e. The van der Waals surface area contributed by atoms with Crippen molar-refractivity contribution in [2.75, 3.05) is 34.8 Å². The Morgan fingerprint density at radius 2 is 1.83 bits per heavy atom. The highest BCUT2D eigenvalue weighted by Gasteiger charge is 2.26. The van der Waals surface area contributed by atoms with E-state index in [1.54, 1.807) is 44.2 Å². The van der Waals surface area contributed by atoms with Crippen LogP contribution in [-0.4, -0.2) is 40.8 Å². The summed E-state index contributed by atoms with van der Waals surface area (Å²) in [6.45, 7) is 6.19. The van der Waals surface area contributed by atoms with E-state index in [-0.39, 0.29) is 17.7 Å². The van der Waals surface area contributed by atoms with Crippen molar-refractivity contribution in [3.63, 3.8) is 0 Å². The van der Waals surface area contributed by atoms with Crippen LogP contribution in [0.3, 0.4) is 0 Å². The van der Waals surface area contributed by atoms with E-state index in [4.69, 9.17) is 5.73 Å². The standard InChI is InChI=1S/C31H30FN7O3/c1-16-4-7-25(23(33)12-16)39-29(40)19-5-9-27(36-15-19)34-10-11-35-31(42)28-17(2)26(37-18(28)3)14-22-21-13-20(32)6-8-24(21)38-30(22)41/h4-9,12-15,37H,10-11,33H2,1-3H3,(H,34,36)(H,35,42)(H,38,41)(H,39,40). The van der Waals surface area contributed by atoms with E-state index in [0.717, 1.165) is 5.56 Å². The van der Waals surface area contributed by atoms with Crippen LogP contribution in [0.4, 0.5) is 27.3 Å². The summed E-state index contributed by atoms with van der Waals surface area (Å²) in [5.41, 5.74) is 12.1. The number of amides is 3. The number of anilines is 4. The Balaban J connectivity index is 1.16. The molecule has 42 heavy (non-hydrogen) atoms. The molecule has 0 radical (unpaired) electrons. The molecule has 3 heterocycles. The van der Waals surface area contributed by atoms with Crippen molar-refractivity contribution >= 4 is 52.3 Å². The number of hydrogen-bond acceptors (Lipinski definition) is 6. The van der Waals surface area contributed by atoms with Gasteiger partial charge in [0.25, 0.3) is 17.7 Å². The lowest BCUT2D eigenvalue weighted by Gasteiger charge is -2.10. The summed E-state index contributed by atoms with van der Waals surface area (Å²) in [5, 5.41) is 11.5.